The molecule has 0 radical (unpaired) electrons. The van der Waals surface area contributed by atoms with E-state index < -0.39 is 0 Å². The van der Waals surface area contributed by atoms with Crippen LogP contribution < -0.4 is 5.32 Å². The molecule has 4 heteroatoms. The van der Waals surface area contributed by atoms with Gasteiger partial charge in [-0.25, -0.2) is 0 Å². The summed E-state index contributed by atoms with van der Waals surface area (Å²) in [4.78, 5) is 14.7. The lowest BCUT2D eigenvalue weighted by molar-refractivity contribution is -0.132. The van der Waals surface area contributed by atoms with E-state index in [2.05, 4.69) is 41.4 Å². The Bertz CT molecular complexity index is 500. The number of rotatable bonds is 4. The molecule has 0 aliphatic carbocycles. The molecule has 122 valence electrons. The van der Waals surface area contributed by atoms with Crippen molar-refractivity contribution in [3.63, 3.8) is 0 Å². The van der Waals surface area contributed by atoms with Crippen molar-refractivity contribution in [1.29, 1.82) is 0 Å². The van der Waals surface area contributed by atoms with Gasteiger partial charge >= 0.3 is 0 Å². The Hall–Kier alpha value is -1.06. The second-order valence-electron chi connectivity index (χ2n) is 6.43. The van der Waals surface area contributed by atoms with Crippen LogP contribution in [-0.2, 0) is 4.79 Å². The van der Waals surface area contributed by atoms with Crippen molar-refractivity contribution in [1.82, 2.24) is 10.2 Å². The first-order chi connectivity index (χ1) is 10.3. The molecule has 22 heavy (non-hydrogen) atoms. The number of amides is 1. The number of hydrogen-bond acceptors (Lipinski definition) is 2. The van der Waals surface area contributed by atoms with Gasteiger partial charge in [0.25, 0.3) is 0 Å². The molecule has 0 saturated carbocycles. The summed E-state index contributed by atoms with van der Waals surface area (Å²) in [6.07, 6.45) is 6.42. The lowest BCUT2D eigenvalue weighted by atomic mass is 9.99. The fraction of sp³-hybridized carbons (Fsp3) is 0.611. The second-order valence-corrected chi connectivity index (χ2v) is 6.43. The minimum atomic E-state index is 0. The smallest absolute Gasteiger partial charge is 0.223 e. The molecule has 3 rings (SSSR count). The number of benzene rings is 1. The molecule has 1 amide bonds. The fourth-order valence-electron chi connectivity index (χ4n) is 3.79. The first-order valence-corrected chi connectivity index (χ1v) is 8.34. The fourth-order valence-corrected chi connectivity index (χ4v) is 3.79. The Kier molecular flexibility index (Phi) is 6.27. The van der Waals surface area contributed by atoms with Gasteiger partial charge in [0.05, 0.1) is 6.04 Å². The highest BCUT2D eigenvalue weighted by Crippen LogP contribution is 2.34. The van der Waals surface area contributed by atoms with Crippen molar-refractivity contribution in [2.75, 3.05) is 13.1 Å². The molecule has 2 heterocycles. The molecule has 2 aliphatic heterocycles. The number of halogens is 1. The highest BCUT2D eigenvalue weighted by atomic mass is 35.5. The Morgan fingerprint density at radius 2 is 2.09 bits per heavy atom. The average molecular weight is 323 g/mol. The molecule has 2 unspecified atom stereocenters. The zero-order chi connectivity index (χ0) is 14.7. The Labute approximate surface area is 139 Å². The largest absolute Gasteiger partial charge is 0.336 e. The third kappa shape index (κ3) is 3.82. The molecule has 0 aromatic heterocycles. The molecule has 1 aromatic rings. The van der Waals surface area contributed by atoms with E-state index in [1.807, 2.05) is 0 Å². The van der Waals surface area contributed by atoms with E-state index >= 15 is 0 Å². The number of nitrogens with zero attached hydrogens (tertiary/aromatic N) is 1. The SMILES string of the molecule is Cc1ccccc1C1CCCN1C(=O)CCC1CCCN1.Cl. The van der Waals surface area contributed by atoms with Crippen LogP contribution in [0.3, 0.4) is 0 Å². The maximum absolute atomic E-state index is 12.6. The number of carbonyl (C=O) groups excluding carboxylic acids is 1. The summed E-state index contributed by atoms with van der Waals surface area (Å²) in [7, 11) is 0. The van der Waals surface area contributed by atoms with Crippen LogP contribution >= 0.6 is 12.4 Å². The van der Waals surface area contributed by atoms with Gasteiger partial charge in [0, 0.05) is 19.0 Å². The van der Waals surface area contributed by atoms with Crippen LogP contribution in [0.25, 0.3) is 0 Å². The number of carbonyl (C=O) groups is 1. The first kappa shape index (κ1) is 17.3. The molecule has 2 aliphatic rings. The molecule has 0 spiro atoms. The lowest BCUT2D eigenvalue weighted by Gasteiger charge is -2.27. The predicted molar refractivity (Wildman–Crippen MR) is 92.4 cm³/mol. The number of nitrogens with one attached hydrogen (secondary N) is 1. The van der Waals surface area contributed by atoms with Gasteiger partial charge in [0.1, 0.15) is 0 Å². The second kappa shape index (κ2) is 7.98. The summed E-state index contributed by atoms with van der Waals surface area (Å²) < 4.78 is 0. The predicted octanol–water partition coefficient (Wildman–Crippen LogP) is 3.61. The van der Waals surface area contributed by atoms with Gasteiger partial charge in [0.2, 0.25) is 5.91 Å². The van der Waals surface area contributed by atoms with Gasteiger partial charge in [-0.15, -0.1) is 12.4 Å². The third-order valence-corrected chi connectivity index (χ3v) is 4.99. The average Bonchev–Trinajstić information content (AvgIpc) is 3.16. The standard InChI is InChI=1S/C18H26N2O.ClH/c1-14-6-2-3-8-16(14)17-9-5-13-20(17)18(21)11-10-15-7-4-12-19-15;/h2-3,6,8,15,17,19H,4-5,7,9-13H2,1H3;1H. The van der Waals surface area contributed by atoms with Gasteiger partial charge in [-0.1, -0.05) is 24.3 Å². The maximum Gasteiger partial charge on any atom is 0.223 e. The molecule has 1 aromatic carbocycles. The first-order valence-electron chi connectivity index (χ1n) is 8.34. The Morgan fingerprint density at radius 1 is 1.27 bits per heavy atom. The lowest BCUT2D eigenvalue weighted by Crippen LogP contribution is -2.32. The molecule has 1 N–H and O–H groups in total. The molecular weight excluding hydrogens is 296 g/mol. The van der Waals surface area contributed by atoms with Gasteiger partial charge in [-0.2, -0.15) is 0 Å². The van der Waals surface area contributed by atoms with Gasteiger partial charge in [-0.05, 0) is 56.7 Å². The van der Waals surface area contributed by atoms with E-state index in [1.165, 1.54) is 24.0 Å². The van der Waals surface area contributed by atoms with Crippen LogP contribution in [0.5, 0.6) is 0 Å². The van der Waals surface area contributed by atoms with Gasteiger partial charge in [-0.3, -0.25) is 4.79 Å². The molecule has 2 fully saturated rings. The normalized spacial score (nSPS) is 24.3. The van der Waals surface area contributed by atoms with Gasteiger partial charge in [0.15, 0.2) is 0 Å². The van der Waals surface area contributed by atoms with E-state index in [0.29, 0.717) is 24.4 Å². The van der Waals surface area contributed by atoms with E-state index in [4.69, 9.17) is 0 Å². The Balaban J connectivity index is 0.00000176. The summed E-state index contributed by atoms with van der Waals surface area (Å²) in [5, 5.41) is 3.48. The summed E-state index contributed by atoms with van der Waals surface area (Å²) in [6.45, 7) is 4.20. The topological polar surface area (TPSA) is 32.3 Å². The minimum Gasteiger partial charge on any atom is -0.336 e. The van der Waals surface area contributed by atoms with E-state index in [9.17, 15) is 4.79 Å². The van der Waals surface area contributed by atoms with Crippen molar-refractivity contribution in [3.8, 4) is 0 Å². The molecular formula is C18H27ClN2O. The number of hydrogen-bond donors (Lipinski definition) is 1. The van der Waals surface area contributed by atoms with Crippen LogP contribution in [0.2, 0.25) is 0 Å². The summed E-state index contributed by atoms with van der Waals surface area (Å²) >= 11 is 0. The molecule has 0 bridgehead atoms. The van der Waals surface area contributed by atoms with E-state index in [1.54, 1.807) is 0 Å². The van der Waals surface area contributed by atoms with Crippen LogP contribution in [0, 0.1) is 6.92 Å². The molecule has 2 atom stereocenters. The monoisotopic (exact) mass is 322 g/mol. The molecule has 2 saturated heterocycles. The van der Waals surface area contributed by atoms with Crippen molar-refractivity contribution in [3.05, 3.63) is 35.4 Å². The highest BCUT2D eigenvalue weighted by Gasteiger charge is 2.30. The summed E-state index contributed by atoms with van der Waals surface area (Å²) in [5.74, 6) is 0.342. The van der Waals surface area contributed by atoms with Crippen LogP contribution in [0.4, 0.5) is 0 Å². The summed E-state index contributed by atoms with van der Waals surface area (Å²) in [6, 6.07) is 9.36. The minimum absolute atomic E-state index is 0. The highest BCUT2D eigenvalue weighted by molar-refractivity contribution is 5.85. The zero-order valence-corrected chi connectivity index (χ0v) is 14.2. The van der Waals surface area contributed by atoms with E-state index in [0.717, 1.165) is 32.4 Å². The van der Waals surface area contributed by atoms with Crippen molar-refractivity contribution in [2.45, 2.75) is 57.5 Å². The van der Waals surface area contributed by atoms with E-state index in [-0.39, 0.29) is 12.4 Å². The van der Waals surface area contributed by atoms with Crippen molar-refractivity contribution < 1.29 is 4.79 Å². The number of likely N-dealkylation sites (tertiary alicyclic amines) is 1. The van der Waals surface area contributed by atoms with Crippen molar-refractivity contribution >= 4 is 18.3 Å². The van der Waals surface area contributed by atoms with Crippen LogP contribution in [0.1, 0.15) is 55.7 Å². The zero-order valence-electron chi connectivity index (χ0n) is 13.4. The Morgan fingerprint density at radius 3 is 2.82 bits per heavy atom. The quantitative estimate of drug-likeness (QED) is 0.918. The summed E-state index contributed by atoms with van der Waals surface area (Å²) in [5.41, 5.74) is 2.64. The van der Waals surface area contributed by atoms with Gasteiger partial charge < -0.3 is 10.2 Å². The number of aryl methyl sites for hydroxylation is 1. The molecule has 3 nitrogen and oxygen atoms in total. The van der Waals surface area contributed by atoms with Crippen LogP contribution in [-0.4, -0.2) is 29.9 Å². The van der Waals surface area contributed by atoms with Crippen molar-refractivity contribution in [2.24, 2.45) is 0 Å². The van der Waals surface area contributed by atoms with Crippen LogP contribution in [0.15, 0.2) is 24.3 Å². The third-order valence-electron chi connectivity index (χ3n) is 4.99. The maximum atomic E-state index is 12.6.